The molecule has 2 aliphatic rings. The average molecular weight is 1040 g/mol. The highest BCUT2D eigenvalue weighted by molar-refractivity contribution is 9.10. The highest BCUT2D eigenvalue weighted by Crippen LogP contribution is 2.44. The summed E-state index contributed by atoms with van der Waals surface area (Å²) in [5.74, 6) is -0.826. The standard InChI is InChI=1S/C58H92Br2N2O4/c1-5-9-13-17-21-25-29-33-37-45(38-34-30-26-22-18-14-10-6-2)43-61-55(63)47-41-50(60)54-52-48(42-49(59)53(51(47)52)57(61)65)56(64)62(58(54)66)44-46(39-35-31-27-23-19-15-11-7-3)40-36-32-28-24-20-16-12-8-4/h41-42,45-46H,5-40,43-44H2,1-4H3. The topological polar surface area (TPSA) is 74.8 Å². The Labute approximate surface area is 420 Å². The van der Waals surface area contributed by atoms with Gasteiger partial charge in [-0.15, -0.1) is 0 Å². The zero-order chi connectivity index (χ0) is 47.5. The maximum Gasteiger partial charge on any atom is 0.262 e. The van der Waals surface area contributed by atoms with Crippen LogP contribution in [0.5, 0.6) is 0 Å². The number of carbonyl (C=O) groups is 4. The molecule has 66 heavy (non-hydrogen) atoms. The van der Waals surface area contributed by atoms with Crippen molar-refractivity contribution in [2.24, 2.45) is 11.8 Å². The first-order valence-electron chi connectivity index (χ1n) is 27.9. The number of hydrogen-bond donors (Lipinski definition) is 0. The van der Waals surface area contributed by atoms with Crippen LogP contribution in [0.1, 0.15) is 300 Å². The van der Waals surface area contributed by atoms with Gasteiger partial charge in [0.2, 0.25) is 0 Å². The number of hydrogen-bond acceptors (Lipinski definition) is 4. The summed E-state index contributed by atoms with van der Waals surface area (Å²) in [6.07, 6.45) is 44.1. The molecule has 0 unspecified atom stereocenters. The molecule has 4 rings (SSSR count). The van der Waals surface area contributed by atoms with Crippen LogP contribution in [0.15, 0.2) is 21.1 Å². The number of carbonyl (C=O) groups excluding carboxylic acids is 4. The van der Waals surface area contributed by atoms with Crippen LogP contribution in [0, 0.1) is 11.8 Å². The zero-order valence-electron chi connectivity index (χ0n) is 42.5. The lowest BCUT2D eigenvalue weighted by molar-refractivity contribution is 0.0555. The molecule has 0 spiro atoms. The Kier molecular flexibility index (Phi) is 28.0. The van der Waals surface area contributed by atoms with E-state index in [1.165, 1.54) is 190 Å². The molecule has 2 aromatic rings. The largest absolute Gasteiger partial charge is 0.274 e. The van der Waals surface area contributed by atoms with Gasteiger partial charge in [0.25, 0.3) is 23.6 Å². The Morgan fingerprint density at radius 3 is 0.818 bits per heavy atom. The number of unbranched alkanes of at least 4 members (excludes halogenated alkanes) is 28. The second-order valence-electron chi connectivity index (χ2n) is 20.5. The van der Waals surface area contributed by atoms with Crippen LogP contribution in [0.4, 0.5) is 0 Å². The lowest BCUT2D eigenvalue weighted by atomic mass is 9.84. The van der Waals surface area contributed by atoms with Crippen LogP contribution in [-0.4, -0.2) is 46.5 Å². The van der Waals surface area contributed by atoms with Gasteiger partial charge in [-0.3, -0.25) is 29.0 Å². The van der Waals surface area contributed by atoms with Crippen LogP contribution in [0.2, 0.25) is 0 Å². The van der Waals surface area contributed by atoms with Crippen LogP contribution >= 0.6 is 31.9 Å². The van der Waals surface area contributed by atoms with Gasteiger partial charge in [-0.2, -0.15) is 0 Å². The third kappa shape index (κ3) is 17.7. The molecule has 0 aromatic heterocycles. The van der Waals surface area contributed by atoms with Crippen molar-refractivity contribution in [3.8, 4) is 0 Å². The first-order chi connectivity index (χ1) is 32.2. The van der Waals surface area contributed by atoms with Crippen molar-refractivity contribution in [1.29, 1.82) is 0 Å². The molecule has 0 saturated carbocycles. The molecule has 4 amide bonds. The molecule has 372 valence electrons. The van der Waals surface area contributed by atoms with Crippen LogP contribution in [-0.2, 0) is 0 Å². The van der Waals surface area contributed by atoms with Crippen LogP contribution in [0.3, 0.4) is 0 Å². The van der Waals surface area contributed by atoms with Gasteiger partial charge in [0, 0.05) is 43.9 Å². The van der Waals surface area contributed by atoms with Gasteiger partial charge in [0.05, 0.1) is 11.1 Å². The second kappa shape index (κ2) is 32.7. The predicted molar refractivity (Wildman–Crippen MR) is 286 cm³/mol. The van der Waals surface area contributed by atoms with Gasteiger partial charge >= 0.3 is 0 Å². The van der Waals surface area contributed by atoms with Gasteiger partial charge in [0.15, 0.2) is 0 Å². The SMILES string of the molecule is CCCCCCCCCCC(CCCCCCCCCC)CN1C(=O)c2cc(Br)c3c4c(cc(Br)c(c24)C1=O)C(=O)N(CC(CCCCCCCCCC)CCCCCCCCCC)C3=O. The number of halogens is 2. The number of imide groups is 2. The van der Waals surface area contributed by atoms with E-state index >= 15 is 0 Å². The van der Waals surface area contributed by atoms with E-state index in [1.54, 1.807) is 12.1 Å². The molecule has 0 radical (unpaired) electrons. The molecular weight excluding hydrogens is 948 g/mol. The predicted octanol–water partition coefficient (Wildman–Crippen LogP) is 18.9. The Balaban J connectivity index is 1.51. The molecule has 2 aliphatic heterocycles. The zero-order valence-corrected chi connectivity index (χ0v) is 45.6. The fourth-order valence-corrected chi connectivity index (χ4v) is 12.0. The Hall–Kier alpha value is -2.06. The summed E-state index contributed by atoms with van der Waals surface area (Å²) in [5, 5.41) is 0.893. The van der Waals surface area contributed by atoms with Gasteiger partial charge in [-0.05, 0) is 81.5 Å². The van der Waals surface area contributed by atoms with Crippen molar-refractivity contribution in [2.45, 2.75) is 259 Å². The minimum atomic E-state index is -0.325. The van der Waals surface area contributed by atoms with Crippen molar-refractivity contribution in [2.75, 3.05) is 13.1 Å². The lowest BCUT2D eigenvalue weighted by Gasteiger charge is -2.35. The summed E-state index contributed by atoms with van der Waals surface area (Å²) in [4.78, 5) is 61.6. The van der Waals surface area contributed by atoms with E-state index in [1.807, 2.05) is 0 Å². The fourth-order valence-electron chi connectivity index (χ4n) is 10.8. The van der Waals surface area contributed by atoms with Gasteiger partial charge < -0.3 is 0 Å². The third-order valence-electron chi connectivity index (χ3n) is 14.9. The molecule has 2 aromatic carbocycles. The Morgan fingerprint density at radius 2 is 0.576 bits per heavy atom. The Bertz CT molecular complexity index is 1610. The smallest absolute Gasteiger partial charge is 0.262 e. The Morgan fingerprint density at radius 1 is 0.348 bits per heavy atom. The maximum absolute atomic E-state index is 14.7. The normalized spacial score (nSPS) is 13.8. The van der Waals surface area contributed by atoms with Crippen molar-refractivity contribution in [3.05, 3.63) is 43.3 Å². The van der Waals surface area contributed by atoms with Crippen molar-refractivity contribution < 1.29 is 19.2 Å². The molecule has 0 fully saturated rings. The molecule has 2 heterocycles. The number of amides is 4. The summed E-state index contributed by atoms with van der Waals surface area (Å²) in [7, 11) is 0. The van der Waals surface area contributed by atoms with E-state index < -0.39 is 0 Å². The number of benzene rings is 2. The molecular formula is C58H92Br2N2O4. The molecule has 0 N–H and O–H groups in total. The van der Waals surface area contributed by atoms with Crippen LogP contribution in [0.25, 0.3) is 10.8 Å². The van der Waals surface area contributed by atoms with E-state index in [0.717, 1.165) is 51.4 Å². The maximum atomic E-state index is 14.7. The number of nitrogens with zero attached hydrogens (tertiary/aromatic N) is 2. The minimum Gasteiger partial charge on any atom is -0.274 e. The van der Waals surface area contributed by atoms with Crippen molar-refractivity contribution >= 4 is 66.3 Å². The highest BCUT2D eigenvalue weighted by atomic mass is 79.9. The molecule has 0 saturated heterocycles. The second-order valence-corrected chi connectivity index (χ2v) is 22.2. The monoisotopic (exact) mass is 1040 g/mol. The first-order valence-corrected chi connectivity index (χ1v) is 29.5. The fraction of sp³-hybridized carbons (Fsp3) is 0.759. The molecule has 8 heteroatoms. The third-order valence-corrected chi connectivity index (χ3v) is 16.2. The van der Waals surface area contributed by atoms with Crippen molar-refractivity contribution in [1.82, 2.24) is 9.80 Å². The van der Waals surface area contributed by atoms with E-state index in [4.69, 9.17) is 0 Å². The first kappa shape index (κ1) is 56.5. The summed E-state index contributed by atoms with van der Waals surface area (Å²) >= 11 is 7.49. The van der Waals surface area contributed by atoms with Crippen LogP contribution < -0.4 is 0 Å². The molecule has 0 bridgehead atoms. The molecule has 0 atom stereocenters. The van der Waals surface area contributed by atoms with E-state index in [2.05, 4.69) is 59.6 Å². The average Bonchev–Trinajstić information content (AvgIpc) is 3.30. The summed E-state index contributed by atoms with van der Waals surface area (Å²) < 4.78 is 1.03. The van der Waals surface area contributed by atoms with Gasteiger partial charge in [0.1, 0.15) is 0 Å². The molecule has 0 aliphatic carbocycles. The van der Waals surface area contributed by atoms with E-state index in [9.17, 15) is 19.2 Å². The summed E-state index contributed by atoms with van der Waals surface area (Å²) in [6.45, 7) is 9.82. The highest BCUT2D eigenvalue weighted by Gasteiger charge is 2.43. The van der Waals surface area contributed by atoms with Gasteiger partial charge in [-0.1, -0.05) is 233 Å². The lowest BCUT2D eigenvalue weighted by Crippen LogP contribution is -2.46. The quantitative estimate of drug-likeness (QED) is 0.0492. The van der Waals surface area contributed by atoms with Gasteiger partial charge in [-0.25, -0.2) is 0 Å². The molecule has 6 nitrogen and oxygen atoms in total. The summed E-state index contributed by atoms with van der Waals surface area (Å²) in [6, 6.07) is 3.52. The number of rotatable bonds is 40. The van der Waals surface area contributed by atoms with E-state index in [-0.39, 0.29) is 35.5 Å². The summed E-state index contributed by atoms with van der Waals surface area (Å²) in [5.41, 5.74) is 1.58. The van der Waals surface area contributed by atoms with E-state index in [0.29, 0.717) is 55.1 Å². The minimum absolute atomic E-state index is 0.232. The van der Waals surface area contributed by atoms with Crippen molar-refractivity contribution in [3.63, 3.8) is 0 Å².